The maximum absolute atomic E-state index is 13.1. The Morgan fingerprint density at radius 2 is 1.78 bits per heavy atom. The van der Waals surface area contributed by atoms with Gasteiger partial charge in [-0.05, 0) is 56.9 Å². The van der Waals surface area contributed by atoms with Crippen LogP contribution in [0.5, 0.6) is 0 Å². The van der Waals surface area contributed by atoms with E-state index in [-0.39, 0.29) is 43.1 Å². The minimum absolute atomic E-state index is 0.0137. The first-order valence-electron chi connectivity index (χ1n) is 11.2. The lowest BCUT2D eigenvalue weighted by molar-refractivity contribution is -0.125. The summed E-state index contributed by atoms with van der Waals surface area (Å²) in [6.45, 7) is 5.79. The Morgan fingerprint density at radius 1 is 1.03 bits per heavy atom. The number of hydrogen-bond acceptors (Lipinski definition) is 5. The molecule has 0 spiro atoms. The van der Waals surface area contributed by atoms with Gasteiger partial charge < -0.3 is 15.5 Å². The maximum atomic E-state index is 13.1. The number of anilines is 2. The zero-order valence-corrected chi connectivity index (χ0v) is 19.9. The molecule has 7 nitrogen and oxygen atoms in total. The lowest BCUT2D eigenvalue weighted by Crippen LogP contribution is -2.45. The van der Waals surface area contributed by atoms with Gasteiger partial charge in [0.25, 0.3) is 0 Å². The molecule has 1 aromatic carbocycles. The molecule has 1 aliphatic rings. The molecule has 1 heterocycles. The molecule has 2 N–H and O–H groups in total. The Labute approximate surface area is 193 Å². The van der Waals surface area contributed by atoms with Crippen molar-refractivity contribution in [3.63, 3.8) is 0 Å². The van der Waals surface area contributed by atoms with Gasteiger partial charge in [0, 0.05) is 30.0 Å². The van der Waals surface area contributed by atoms with Crippen LogP contribution >= 0.6 is 11.3 Å². The smallest absolute Gasteiger partial charge is 0.240 e. The lowest BCUT2D eigenvalue weighted by Gasteiger charge is -2.26. The average Bonchev–Trinajstić information content (AvgIpc) is 3.17. The van der Waals surface area contributed by atoms with E-state index in [0.717, 1.165) is 42.5 Å². The van der Waals surface area contributed by atoms with Crippen molar-refractivity contribution < 1.29 is 14.4 Å². The molecule has 3 rings (SSSR count). The SMILES string of the molecule is Cc1csc(NC(=O)CCC(=O)N(CC(=O)NC2CCCCC2)c2ccc(C)c(C)c2)n1. The molecule has 1 saturated carbocycles. The summed E-state index contributed by atoms with van der Waals surface area (Å²) in [6.07, 6.45) is 5.47. The molecule has 3 amide bonds. The van der Waals surface area contributed by atoms with Crippen molar-refractivity contribution in [2.45, 2.75) is 71.8 Å². The normalized spacial score (nSPS) is 14.1. The van der Waals surface area contributed by atoms with Crippen molar-refractivity contribution in [1.82, 2.24) is 10.3 Å². The van der Waals surface area contributed by atoms with E-state index >= 15 is 0 Å². The van der Waals surface area contributed by atoms with Crippen LogP contribution in [0.15, 0.2) is 23.6 Å². The van der Waals surface area contributed by atoms with Gasteiger partial charge >= 0.3 is 0 Å². The van der Waals surface area contributed by atoms with Gasteiger partial charge in [0.1, 0.15) is 6.54 Å². The summed E-state index contributed by atoms with van der Waals surface area (Å²) in [5, 5.41) is 8.19. The second kappa shape index (κ2) is 11.2. The molecule has 0 unspecified atom stereocenters. The standard InChI is InChI=1S/C24H32N4O3S/c1-16-9-10-20(13-17(16)2)28(14-22(30)26-19-7-5-4-6-8-19)23(31)12-11-21(29)27-24-25-18(3)15-32-24/h9-10,13,15,19H,4-8,11-12,14H2,1-3H3,(H,26,30)(H,25,27,29). The van der Waals surface area contributed by atoms with E-state index in [1.807, 2.05) is 44.4 Å². The van der Waals surface area contributed by atoms with Crippen LogP contribution in [0, 0.1) is 20.8 Å². The summed E-state index contributed by atoms with van der Waals surface area (Å²) in [7, 11) is 0. The number of thiazole rings is 1. The average molecular weight is 457 g/mol. The second-order valence-corrected chi connectivity index (χ2v) is 9.35. The number of carbonyl (C=O) groups excluding carboxylic acids is 3. The van der Waals surface area contributed by atoms with Crippen molar-refractivity contribution in [1.29, 1.82) is 0 Å². The summed E-state index contributed by atoms with van der Waals surface area (Å²) < 4.78 is 0. The van der Waals surface area contributed by atoms with Crippen LogP contribution in [-0.4, -0.2) is 35.3 Å². The number of aromatic nitrogens is 1. The zero-order chi connectivity index (χ0) is 23.1. The molecule has 0 atom stereocenters. The van der Waals surface area contributed by atoms with Gasteiger partial charge in [0.2, 0.25) is 17.7 Å². The molecule has 32 heavy (non-hydrogen) atoms. The minimum atomic E-state index is -0.264. The Hall–Kier alpha value is -2.74. The molecule has 1 aromatic heterocycles. The highest BCUT2D eigenvalue weighted by atomic mass is 32.1. The molecular formula is C24H32N4O3S. The molecule has 0 bridgehead atoms. The third kappa shape index (κ3) is 6.88. The highest BCUT2D eigenvalue weighted by molar-refractivity contribution is 7.13. The first-order chi connectivity index (χ1) is 15.3. The van der Waals surface area contributed by atoms with E-state index in [1.54, 1.807) is 0 Å². The number of amides is 3. The van der Waals surface area contributed by atoms with Crippen molar-refractivity contribution in [3.05, 3.63) is 40.4 Å². The fourth-order valence-electron chi connectivity index (χ4n) is 3.83. The second-order valence-electron chi connectivity index (χ2n) is 8.49. The van der Waals surface area contributed by atoms with E-state index < -0.39 is 0 Å². The van der Waals surface area contributed by atoms with Gasteiger partial charge in [-0.2, -0.15) is 0 Å². The van der Waals surface area contributed by atoms with Gasteiger partial charge in [0.05, 0.1) is 5.69 Å². The molecule has 2 aromatic rings. The summed E-state index contributed by atoms with van der Waals surface area (Å²) in [6, 6.07) is 5.90. The Kier molecular flexibility index (Phi) is 8.39. The number of benzene rings is 1. The van der Waals surface area contributed by atoms with E-state index in [2.05, 4.69) is 15.6 Å². The summed E-state index contributed by atoms with van der Waals surface area (Å²) in [5.41, 5.74) is 3.68. The van der Waals surface area contributed by atoms with Gasteiger partial charge in [-0.15, -0.1) is 11.3 Å². The first-order valence-corrected chi connectivity index (χ1v) is 12.1. The molecule has 0 radical (unpaired) electrons. The van der Waals surface area contributed by atoms with Crippen LogP contribution in [0.4, 0.5) is 10.8 Å². The van der Waals surface area contributed by atoms with Crippen molar-refractivity contribution in [2.75, 3.05) is 16.8 Å². The number of hydrogen-bond donors (Lipinski definition) is 2. The fourth-order valence-corrected chi connectivity index (χ4v) is 4.53. The van der Waals surface area contributed by atoms with E-state index in [4.69, 9.17) is 0 Å². The third-order valence-electron chi connectivity index (χ3n) is 5.81. The topological polar surface area (TPSA) is 91.4 Å². The molecule has 172 valence electrons. The quantitative estimate of drug-likeness (QED) is 0.621. The Bertz CT molecular complexity index is 966. The van der Waals surface area contributed by atoms with Crippen LogP contribution in [0.25, 0.3) is 0 Å². The zero-order valence-electron chi connectivity index (χ0n) is 19.1. The summed E-state index contributed by atoms with van der Waals surface area (Å²) in [4.78, 5) is 43.8. The van der Waals surface area contributed by atoms with Crippen LogP contribution in [0.2, 0.25) is 0 Å². The van der Waals surface area contributed by atoms with E-state index in [9.17, 15) is 14.4 Å². The number of nitrogens with zero attached hydrogens (tertiary/aromatic N) is 2. The van der Waals surface area contributed by atoms with Crippen molar-refractivity contribution >= 4 is 39.9 Å². The molecule has 0 saturated heterocycles. The molecule has 0 aliphatic heterocycles. The number of aryl methyl sites for hydroxylation is 3. The predicted octanol–water partition coefficient (Wildman–Crippen LogP) is 4.27. The highest BCUT2D eigenvalue weighted by Gasteiger charge is 2.23. The van der Waals surface area contributed by atoms with Crippen molar-refractivity contribution in [3.8, 4) is 0 Å². The molecule has 1 aliphatic carbocycles. The number of nitrogens with one attached hydrogen (secondary N) is 2. The maximum Gasteiger partial charge on any atom is 0.240 e. The summed E-state index contributed by atoms with van der Waals surface area (Å²) in [5.74, 6) is -0.678. The van der Waals surface area contributed by atoms with E-state index in [0.29, 0.717) is 10.8 Å². The highest BCUT2D eigenvalue weighted by Crippen LogP contribution is 2.21. The Balaban J connectivity index is 1.64. The van der Waals surface area contributed by atoms with E-state index in [1.165, 1.54) is 22.7 Å². The van der Waals surface area contributed by atoms with Crippen LogP contribution in [-0.2, 0) is 14.4 Å². The van der Waals surface area contributed by atoms with Gasteiger partial charge in [-0.25, -0.2) is 4.98 Å². The molecule has 8 heteroatoms. The third-order valence-corrected chi connectivity index (χ3v) is 6.68. The van der Waals surface area contributed by atoms with Crippen LogP contribution < -0.4 is 15.5 Å². The number of carbonyl (C=O) groups is 3. The Morgan fingerprint density at radius 3 is 2.44 bits per heavy atom. The number of rotatable bonds is 8. The summed E-state index contributed by atoms with van der Waals surface area (Å²) >= 11 is 1.35. The van der Waals surface area contributed by atoms with Gasteiger partial charge in [0.15, 0.2) is 5.13 Å². The van der Waals surface area contributed by atoms with Gasteiger partial charge in [-0.3, -0.25) is 14.4 Å². The van der Waals surface area contributed by atoms with Crippen molar-refractivity contribution in [2.24, 2.45) is 0 Å². The largest absolute Gasteiger partial charge is 0.352 e. The first kappa shape index (κ1) is 23.9. The van der Waals surface area contributed by atoms with Gasteiger partial charge in [-0.1, -0.05) is 25.3 Å². The lowest BCUT2D eigenvalue weighted by atomic mass is 9.95. The molecule has 1 fully saturated rings. The minimum Gasteiger partial charge on any atom is -0.352 e. The predicted molar refractivity (Wildman–Crippen MR) is 128 cm³/mol. The monoisotopic (exact) mass is 456 g/mol. The van der Waals surface area contributed by atoms with Crippen LogP contribution in [0.3, 0.4) is 0 Å². The molecular weight excluding hydrogens is 424 g/mol. The van der Waals surface area contributed by atoms with Crippen LogP contribution in [0.1, 0.15) is 61.8 Å². The fraction of sp³-hybridized carbons (Fsp3) is 0.500.